The van der Waals surface area contributed by atoms with E-state index in [1.807, 2.05) is 37.3 Å². The average molecular weight is 229 g/mol. The molecule has 0 amide bonds. The minimum absolute atomic E-state index is 0.645. The van der Waals surface area contributed by atoms with Crippen molar-refractivity contribution in [2.24, 2.45) is 0 Å². The third-order valence-electron chi connectivity index (χ3n) is 2.51. The van der Waals surface area contributed by atoms with Gasteiger partial charge in [0.05, 0.1) is 7.11 Å². The molecule has 1 aromatic carbocycles. The molecule has 3 aromatic rings. The molecule has 0 aliphatic heterocycles. The van der Waals surface area contributed by atoms with Gasteiger partial charge in [-0.3, -0.25) is 0 Å². The van der Waals surface area contributed by atoms with E-state index in [-0.39, 0.29) is 0 Å². The molecule has 86 valence electrons. The first-order valence-corrected chi connectivity index (χ1v) is 5.24. The Bertz CT molecular complexity index is 621. The number of nitrogens with zero attached hydrogens (tertiary/aromatic N) is 3. The van der Waals surface area contributed by atoms with Gasteiger partial charge in [0.15, 0.2) is 11.5 Å². The Balaban J connectivity index is 2.04. The number of benzene rings is 1. The molecule has 0 unspecified atom stereocenters. The van der Waals surface area contributed by atoms with E-state index in [1.165, 1.54) is 4.69 Å². The van der Waals surface area contributed by atoms with E-state index in [0.29, 0.717) is 11.5 Å². The maximum Gasteiger partial charge on any atom is 0.196 e. The summed E-state index contributed by atoms with van der Waals surface area (Å²) in [6.07, 6.45) is 0. The highest BCUT2D eigenvalue weighted by molar-refractivity contribution is 5.58. The molecule has 5 heteroatoms. The van der Waals surface area contributed by atoms with Crippen LogP contribution in [0.25, 0.3) is 17.0 Å². The molecule has 0 radical (unpaired) electrons. The van der Waals surface area contributed by atoms with Crippen molar-refractivity contribution in [3.63, 3.8) is 0 Å². The summed E-state index contributed by atoms with van der Waals surface area (Å²) in [4.78, 5) is 4.38. The van der Waals surface area contributed by atoms with E-state index in [9.17, 15) is 0 Å². The minimum atomic E-state index is 0.645. The highest BCUT2D eigenvalue weighted by Gasteiger charge is 2.09. The molecule has 0 atom stereocenters. The zero-order chi connectivity index (χ0) is 11.8. The van der Waals surface area contributed by atoms with Crippen LogP contribution in [0.2, 0.25) is 0 Å². The maximum absolute atomic E-state index is 5.33. The van der Waals surface area contributed by atoms with Gasteiger partial charge in [0.1, 0.15) is 11.5 Å². The summed E-state index contributed by atoms with van der Waals surface area (Å²) in [5.74, 6) is 2.25. The molecule has 0 N–H and O–H groups in total. The van der Waals surface area contributed by atoms with Gasteiger partial charge in [0, 0.05) is 11.6 Å². The first-order chi connectivity index (χ1) is 8.26. The summed E-state index contributed by atoms with van der Waals surface area (Å²) in [5, 5.41) is 4.26. The van der Waals surface area contributed by atoms with Crippen molar-refractivity contribution in [1.29, 1.82) is 0 Å². The zero-order valence-corrected chi connectivity index (χ0v) is 9.54. The van der Waals surface area contributed by atoms with Crippen molar-refractivity contribution in [1.82, 2.24) is 14.8 Å². The number of fused-ring (bicyclic) bond motifs is 1. The summed E-state index contributed by atoms with van der Waals surface area (Å²) in [6, 6.07) is 9.44. The Labute approximate surface area is 97.6 Å². The van der Waals surface area contributed by atoms with E-state index < -0.39 is 0 Å². The van der Waals surface area contributed by atoms with Crippen LogP contribution in [0.15, 0.2) is 34.9 Å². The van der Waals surface area contributed by atoms with Crippen LogP contribution < -0.4 is 4.74 Å². The lowest BCUT2D eigenvalue weighted by Gasteiger charge is -1.99. The molecule has 2 aromatic heterocycles. The van der Waals surface area contributed by atoms with Crippen molar-refractivity contribution in [2.75, 3.05) is 7.11 Å². The molecule has 17 heavy (non-hydrogen) atoms. The molecule has 2 heterocycles. The van der Waals surface area contributed by atoms with Crippen LogP contribution in [0.1, 0.15) is 5.76 Å². The Morgan fingerprint density at radius 1 is 1.24 bits per heavy atom. The highest BCUT2D eigenvalue weighted by Crippen LogP contribution is 2.20. The largest absolute Gasteiger partial charge is 0.497 e. The number of hydrogen-bond donors (Lipinski definition) is 0. The quantitative estimate of drug-likeness (QED) is 0.676. The van der Waals surface area contributed by atoms with E-state index in [4.69, 9.17) is 9.26 Å². The number of methoxy groups -OCH3 is 1. The standard InChI is InChI=1S/C12H11N3O2/c1-8-7-11-13-12(14-15(11)17-8)9-3-5-10(16-2)6-4-9/h3-7H,1-2H3. The molecule has 5 nitrogen and oxygen atoms in total. The maximum atomic E-state index is 5.33. The van der Waals surface area contributed by atoms with Crippen molar-refractivity contribution in [2.45, 2.75) is 6.92 Å². The van der Waals surface area contributed by atoms with Gasteiger partial charge < -0.3 is 9.26 Å². The summed E-state index contributed by atoms with van der Waals surface area (Å²) in [5.41, 5.74) is 1.65. The first kappa shape index (κ1) is 9.89. The lowest BCUT2D eigenvalue weighted by molar-refractivity contribution is 0.322. The van der Waals surface area contributed by atoms with E-state index >= 15 is 0 Å². The summed E-state index contributed by atoms with van der Waals surface area (Å²) in [7, 11) is 1.64. The molecule has 0 saturated heterocycles. The fourth-order valence-corrected chi connectivity index (χ4v) is 1.67. The van der Waals surface area contributed by atoms with Gasteiger partial charge in [0.2, 0.25) is 0 Å². The molecule has 0 aliphatic rings. The molecule has 0 aliphatic carbocycles. The van der Waals surface area contributed by atoms with E-state index in [0.717, 1.165) is 17.1 Å². The van der Waals surface area contributed by atoms with Crippen LogP contribution in [0.5, 0.6) is 5.75 Å². The second kappa shape index (κ2) is 3.62. The Morgan fingerprint density at radius 3 is 2.65 bits per heavy atom. The third-order valence-corrected chi connectivity index (χ3v) is 2.51. The summed E-state index contributed by atoms with van der Waals surface area (Å²) >= 11 is 0. The van der Waals surface area contributed by atoms with E-state index in [2.05, 4.69) is 10.1 Å². The SMILES string of the molecule is COc1ccc(-c2nc3cc(C)on3n2)cc1. The van der Waals surface area contributed by atoms with Crippen molar-refractivity contribution < 1.29 is 9.26 Å². The normalized spacial score (nSPS) is 10.9. The molecule has 0 bridgehead atoms. The van der Waals surface area contributed by atoms with Crippen molar-refractivity contribution in [3.8, 4) is 17.1 Å². The van der Waals surface area contributed by atoms with Crippen LogP contribution in [-0.2, 0) is 0 Å². The van der Waals surface area contributed by atoms with E-state index in [1.54, 1.807) is 7.11 Å². The minimum Gasteiger partial charge on any atom is -0.497 e. The second-order valence-corrected chi connectivity index (χ2v) is 3.74. The van der Waals surface area contributed by atoms with Gasteiger partial charge in [-0.1, -0.05) is 4.69 Å². The molecule has 0 fully saturated rings. The first-order valence-electron chi connectivity index (χ1n) is 5.24. The fraction of sp³-hybridized carbons (Fsp3) is 0.167. The number of aromatic nitrogens is 3. The average Bonchev–Trinajstić information content (AvgIpc) is 2.86. The number of ether oxygens (including phenoxy) is 1. The van der Waals surface area contributed by atoms with Crippen LogP contribution in [0.3, 0.4) is 0 Å². The van der Waals surface area contributed by atoms with Gasteiger partial charge in [0.25, 0.3) is 0 Å². The van der Waals surface area contributed by atoms with Gasteiger partial charge in [-0.05, 0) is 31.2 Å². The zero-order valence-electron chi connectivity index (χ0n) is 9.54. The molecular formula is C12H11N3O2. The number of rotatable bonds is 2. The molecule has 0 saturated carbocycles. The van der Waals surface area contributed by atoms with Crippen molar-refractivity contribution in [3.05, 3.63) is 36.1 Å². The summed E-state index contributed by atoms with van der Waals surface area (Å²) in [6.45, 7) is 1.86. The van der Waals surface area contributed by atoms with Gasteiger partial charge >= 0.3 is 0 Å². The number of hydrogen-bond acceptors (Lipinski definition) is 4. The number of aryl methyl sites for hydroxylation is 1. The topological polar surface area (TPSA) is 52.6 Å². The van der Waals surface area contributed by atoms with Gasteiger partial charge in [-0.15, -0.1) is 5.10 Å². The lowest BCUT2D eigenvalue weighted by Crippen LogP contribution is -1.85. The highest BCUT2D eigenvalue weighted by atomic mass is 16.5. The Hall–Kier alpha value is -2.30. The van der Waals surface area contributed by atoms with Gasteiger partial charge in [-0.2, -0.15) is 0 Å². The Kier molecular flexibility index (Phi) is 2.11. The van der Waals surface area contributed by atoms with Crippen LogP contribution >= 0.6 is 0 Å². The Morgan fingerprint density at radius 2 is 2.00 bits per heavy atom. The third kappa shape index (κ3) is 1.65. The smallest absolute Gasteiger partial charge is 0.196 e. The van der Waals surface area contributed by atoms with Crippen LogP contribution in [0, 0.1) is 6.92 Å². The van der Waals surface area contributed by atoms with Gasteiger partial charge in [-0.25, -0.2) is 4.98 Å². The predicted octanol–water partition coefficient (Wildman–Crippen LogP) is 2.31. The molecular weight excluding hydrogens is 218 g/mol. The fourth-order valence-electron chi connectivity index (χ4n) is 1.67. The summed E-state index contributed by atoms with van der Waals surface area (Å²) < 4.78 is 11.9. The molecule has 3 rings (SSSR count). The van der Waals surface area contributed by atoms with Crippen LogP contribution in [-0.4, -0.2) is 21.9 Å². The second-order valence-electron chi connectivity index (χ2n) is 3.74. The lowest BCUT2D eigenvalue weighted by atomic mass is 10.2. The van der Waals surface area contributed by atoms with Crippen LogP contribution in [0.4, 0.5) is 0 Å². The predicted molar refractivity (Wildman–Crippen MR) is 62.0 cm³/mol. The van der Waals surface area contributed by atoms with Crippen molar-refractivity contribution >= 4 is 5.65 Å². The molecule has 0 spiro atoms. The monoisotopic (exact) mass is 229 g/mol.